The summed E-state index contributed by atoms with van der Waals surface area (Å²) in [6.45, 7) is 3.88. The third-order valence-corrected chi connectivity index (χ3v) is 5.59. The number of hydrogen-bond acceptors (Lipinski definition) is 3. The van der Waals surface area contributed by atoms with E-state index in [0.717, 1.165) is 26.9 Å². The Bertz CT molecular complexity index is 1230. The highest BCUT2D eigenvalue weighted by molar-refractivity contribution is 9.10. The van der Waals surface area contributed by atoms with Crippen molar-refractivity contribution in [3.05, 3.63) is 93.2 Å². The van der Waals surface area contributed by atoms with Gasteiger partial charge in [0.25, 0.3) is 5.91 Å². The summed E-state index contributed by atoms with van der Waals surface area (Å²) < 4.78 is 2.61. The monoisotopic (exact) mass is 480 g/mol. The molecule has 0 fully saturated rings. The van der Waals surface area contributed by atoms with Crippen molar-refractivity contribution in [3.8, 4) is 17.1 Å². The van der Waals surface area contributed by atoms with Crippen molar-refractivity contribution in [2.75, 3.05) is 5.32 Å². The van der Waals surface area contributed by atoms with Gasteiger partial charge in [-0.1, -0.05) is 57.9 Å². The van der Waals surface area contributed by atoms with E-state index in [1.165, 1.54) is 0 Å². The van der Waals surface area contributed by atoms with Crippen molar-refractivity contribution < 1.29 is 4.79 Å². The summed E-state index contributed by atoms with van der Waals surface area (Å²) in [6.07, 6.45) is 0. The fourth-order valence-electron chi connectivity index (χ4n) is 3.10. The van der Waals surface area contributed by atoms with Crippen molar-refractivity contribution in [2.24, 2.45) is 0 Å². The molecule has 7 heteroatoms. The summed E-state index contributed by atoms with van der Waals surface area (Å²) >= 11 is 9.78. The molecular weight excluding hydrogens is 464 g/mol. The van der Waals surface area contributed by atoms with Gasteiger partial charge in [-0.05, 0) is 61.4 Å². The zero-order chi connectivity index (χ0) is 21.3. The number of anilines is 1. The summed E-state index contributed by atoms with van der Waals surface area (Å²) in [5.74, 6) is 0.258. The Hall–Kier alpha value is -2.96. The van der Waals surface area contributed by atoms with Gasteiger partial charge in [-0.25, -0.2) is 9.67 Å². The second kappa shape index (κ2) is 8.42. The number of halogens is 2. The van der Waals surface area contributed by atoms with E-state index in [0.29, 0.717) is 16.5 Å². The summed E-state index contributed by atoms with van der Waals surface area (Å²) in [5.41, 5.74) is 4.20. The standard InChI is InChI=1S/C23H18BrClN4O/c1-14-5-3-6-18(13-14)26-23(30)21-27-22(16-9-11-17(24)12-10-16)29(28-21)20-8-4-7-19(25)15(20)2/h3-13H,1-2H3,(H,26,30). The van der Waals surface area contributed by atoms with Crippen LogP contribution < -0.4 is 5.32 Å². The molecule has 0 unspecified atom stereocenters. The Morgan fingerprint density at radius 3 is 2.50 bits per heavy atom. The Labute approximate surface area is 187 Å². The van der Waals surface area contributed by atoms with Gasteiger partial charge in [-0.3, -0.25) is 4.79 Å². The molecule has 3 aromatic carbocycles. The van der Waals surface area contributed by atoms with E-state index >= 15 is 0 Å². The smallest absolute Gasteiger partial charge is 0.295 e. The number of aromatic nitrogens is 3. The van der Waals surface area contributed by atoms with E-state index < -0.39 is 0 Å². The minimum absolute atomic E-state index is 0.0776. The van der Waals surface area contributed by atoms with Crippen molar-refractivity contribution in [2.45, 2.75) is 13.8 Å². The molecule has 0 radical (unpaired) electrons. The molecule has 0 atom stereocenters. The molecule has 1 aromatic heterocycles. The Morgan fingerprint density at radius 2 is 1.77 bits per heavy atom. The van der Waals surface area contributed by atoms with Crippen LogP contribution in [-0.4, -0.2) is 20.7 Å². The van der Waals surface area contributed by atoms with Gasteiger partial charge in [0.15, 0.2) is 5.82 Å². The third-order valence-electron chi connectivity index (χ3n) is 4.66. The first-order chi connectivity index (χ1) is 14.4. The van der Waals surface area contributed by atoms with Crippen LogP contribution in [0.25, 0.3) is 17.1 Å². The Balaban J connectivity index is 1.80. The third kappa shape index (κ3) is 4.15. The predicted molar refractivity (Wildman–Crippen MR) is 123 cm³/mol. The highest BCUT2D eigenvalue weighted by atomic mass is 79.9. The first kappa shape index (κ1) is 20.3. The lowest BCUT2D eigenvalue weighted by Gasteiger charge is -2.10. The maximum Gasteiger partial charge on any atom is 0.295 e. The van der Waals surface area contributed by atoms with E-state index in [4.69, 9.17) is 11.6 Å². The summed E-state index contributed by atoms with van der Waals surface area (Å²) in [4.78, 5) is 17.4. The van der Waals surface area contributed by atoms with E-state index in [2.05, 4.69) is 31.3 Å². The number of carbonyl (C=O) groups is 1. The number of benzene rings is 3. The molecule has 5 nitrogen and oxygen atoms in total. The lowest BCUT2D eigenvalue weighted by atomic mass is 10.1. The van der Waals surface area contributed by atoms with Crippen molar-refractivity contribution in [1.82, 2.24) is 14.8 Å². The second-order valence-corrected chi connectivity index (χ2v) is 8.21. The van der Waals surface area contributed by atoms with Gasteiger partial charge in [0.1, 0.15) is 0 Å². The normalized spacial score (nSPS) is 10.8. The molecule has 0 bridgehead atoms. The van der Waals surface area contributed by atoms with Gasteiger partial charge >= 0.3 is 0 Å². The predicted octanol–water partition coefficient (Wildman–Crippen LogP) is 6.22. The van der Waals surface area contributed by atoms with Gasteiger partial charge in [0, 0.05) is 20.7 Å². The lowest BCUT2D eigenvalue weighted by molar-refractivity contribution is 0.101. The molecule has 0 aliphatic carbocycles. The molecule has 0 spiro atoms. The van der Waals surface area contributed by atoms with E-state index in [1.54, 1.807) is 4.68 Å². The Kier molecular flexibility index (Phi) is 5.70. The number of aryl methyl sites for hydroxylation is 1. The highest BCUT2D eigenvalue weighted by Gasteiger charge is 2.20. The molecular formula is C23H18BrClN4O. The average Bonchev–Trinajstić information content (AvgIpc) is 3.16. The van der Waals surface area contributed by atoms with Crippen molar-refractivity contribution >= 4 is 39.1 Å². The van der Waals surface area contributed by atoms with Crippen LogP contribution in [0.3, 0.4) is 0 Å². The van der Waals surface area contributed by atoms with Crippen molar-refractivity contribution in [1.29, 1.82) is 0 Å². The lowest BCUT2D eigenvalue weighted by Crippen LogP contribution is -2.14. The molecule has 30 heavy (non-hydrogen) atoms. The maximum absolute atomic E-state index is 12.9. The van der Waals surface area contributed by atoms with Crippen LogP contribution >= 0.6 is 27.5 Å². The Morgan fingerprint density at radius 1 is 1.03 bits per heavy atom. The zero-order valence-corrected chi connectivity index (χ0v) is 18.7. The number of nitrogens with one attached hydrogen (secondary N) is 1. The second-order valence-electron chi connectivity index (χ2n) is 6.89. The molecule has 4 rings (SSSR count). The topological polar surface area (TPSA) is 59.8 Å². The first-order valence-electron chi connectivity index (χ1n) is 9.29. The fourth-order valence-corrected chi connectivity index (χ4v) is 3.53. The van der Waals surface area contributed by atoms with Gasteiger partial charge in [-0.2, -0.15) is 0 Å². The molecule has 0 saturated carbocycles. The zero-order valence-electron chi connectivity index (χ0n) is 16.4. The van der Waals surface area contributed by atoms with Crippen LogP contribution in [0, 0.1) is 13.8 Å². The van der Waals surface area contributed by atoms with E-state index in [9.17, 15) is 4.79 Å². The van der Waals surface area contributed by atoms with Crippen LogP contribution in [0.15, 0.2) is 71.2 Å². The summed E-state index contributed by atoms with van der Waals surface area (Å²) in [7, 11) is 0. The SMILES string of the molecule is Cc1cccc(NC(=O)c2nc(-c3ccc(Br)cc3)n(-c3cccc(Cl)c3C)n2)c1. The number of nitrogens with zero attached hydrogens (tertiary/aromatic N) is 3. The quantitative estimate of drug-likeness (QED) is 0.376. The maximum atomic E-state index is 12.9. The number of amides is 1. The molecule has 0 aliphatic rings. The molecule has 0 aliphatic heterocycles. The van der Waals surface area contributed by atoms with Crippen LogP contribution in [0.4, 0.5) is 5.69 Å². The summed E-state index contributed by atoms with van der Waals surface area (Å²) in [5, 5.41) is 8.01. The molecule has 1 N–H and O–H groups in total. The minimum atomic E-state index is -0.377. The largest absolute Gasteiger partial charge is 0.319 e. The number of carbonyl (C=O) groups excluding carboxylic acids is 1. The molecule has 4 aromatic rings. The van der Waals surface area contributed by atoms with E-state index in [-0.39, 0.29) is 11.7 Å². The van der Waals surface area contributed by atoms with Gasteiger partial charge in [0.2, 0.25) is 5.82 Å². The molecule has 1 amide bonds. The number of rotatable bonds is 4. The average molecular weight is 482 g/mol. The highest BCUT2D eigenvalue weighted by Crippen LogP contribution is 2.27. The number of hydrogen-bond donors (Lipinski definition) is 1. The van der Waals surface area contributed by atoms with Gasteiger partial charge in [0.05, 0.1) is 5.69 Å². The van der Waals surface area contributed by atoms with Gasteiger partial charge < -0.3 is 5.32 Å². The molecule has 0 saturated heterocycles. The van der Waals surface area contributed by atoms with Gasteiger partial charge in [-0.15, -0.1) is 5.10 Å². The van der Waals surface area contributed by atoms with E-state index in [1.807, 2.05) is 80.6 Å². The van der Waals surface area contributed by atoms with Crippen LogP contribution in [0.2, 0.25) is 5.02 Å². The molecule has 150 valence electrons. The van der Waals surface area contributed by atoms with Crippen LogP contribution in [-0.2, 0) is 0 Å². The fraction of sp³-hybridized carbons (Fsp3) is 0.0870. The summed E-state index contributed by atoms with van der Waals surface area (Å²) in [6, 6.07) is 20.9. The minimum Gasteiger partial charge on any atom is -0.319 e. The first-order valence-corrected chi connectivity index (χ1v) is 10.5. The van der Waals surface area contributed by atoms with Crippen LogP contribution in [0.5, 0.6) is 0 Å². The van der Waals surface area contributed by atoms with Crippen LogP contribution in [0.1, 0.15) is 21.7 Å². The molecule has 1 heterocycles. The van der Waals surface area contributed by atoms with Crippen molar-refractivity contribution in [3.63, 3.8) is 0 Å².